The molecule has 1 aromatic carbocycles. The van der Waals surface area contributed by atoms with Crippen LogP contribution in [0.3, 0.4) is 0 Å². The Morgan fingerprint density at radius 3 is 2.67 bits per heavy atom. The molecule has 3 aromatic rings. The number of imidazole rings is 1. The molecule has 2 aromatic heterocycles. The zero-order valence-electron chi connectivity index (χ0n) is 24.1. The molecule has 0 radical (unpaired) electrons. The predicted octanol–water partition coefficient (Wildman–Crippen LogP) is 3.87. The van der Waals surface area contributed by atoms with Gasteiger partial charge < -0.3 is 20.1 Å². The number of nitrogens with one attached hydrogen (secondary N) is 2. The molecule has 1 saturated carbocycles. The molecule has 1 aliphatic carbocycles. The van der Waals surface area contributed by atoms with E-state index in [9.17, 15) is 19.3 Å². The summed E-state index contributed by atoms with van der Waals surface area (Å²) in [5.74, 6) is -0.0698. The predicted molar refractivity (Wildman–Crippen MR) is 158 cm³/mol. The molecule has 0 amide bonds. The van der Waals surface area contributed by atoms with Gasteiger partial charge in [-0.25, -0.2) is 9.55 Å². The third kappa shape index (κ3) is 7.65. The van der Waals surface area contributed by atoms with Crippen molar-refractivity contribution < 1.29 is 28.3 Å². The highest BCUT2D eigenvalue weighted by molar-refractivity contribution is 7.52. The molecule has 0 spiro atoms. The number of hydrogen-bond donors (Lipinski definition) is 4. The molecular formula is C28H39N6O7P. The average Bonchev–Trinajstić information content (AvgIpc) is 3.51. The highest BCUT2D eigenvalue weighted by atomic mass is 31.2. The van der Waals surface area contributed by atoms with Crippen molar-refractivity contribution in [2.24, 2.45) is 11.3 Å². The number of anilines is 1. The lowest BCUT2D eigenvalue weighted by molar-refractivity contribution is -0.146. The van der Waals surface area contributed by atoms with Gasteiger partial charge in [0.05, 0.1) is 19.8 Å². The summed E-state index contributed by atoms with van der Waals surface area (Å²) in [5.41, 5.74) is 5.49. The van der Waals surface area contributed by atoms with E-state index < -0.39 is 30.7 Å². The molecule has 228 valence electrons. The van der Waals surface area contributed by atoms with E-state index in [2.05, 4.69) is 33.9 Å². The van der Waals surface area contributed by atoms with Gasteiger partial charge in [-0.1, -0.05) is 44.9 Å². The zero-order valence-corrected chi connectivity index (χ0v) is 25.0. The first-order chi connectivity index (χ1) is 20.1. The molecular weight excluding hydrogens is 563 g/mol. The number of carbonyl (C=O) groups is 1. The molecule has 3 atom stereocenters. The highest BCUT2D eigenvalue weighted by Gasteiger charge is 2.51. The Balaban J connectivity index is 1.48. The molecule has 0 aliphatic heterocycles. The van der Waals surface area contributed by atoms with Gasteiger partial charge in [0.15, 0.2) is 11.2 Å². The van der Waals surface area contributed by atoms with Crippen molar-refractivity contribution in [2.75, 3.05) is 25.6 Å². The summed E-state index contributed by atoms with van der Waals surface area (Å²) < 4.78 is 32.6. The number of benzene rings is 1. The Hall–Kier alpha value is -3.51. The summed E-state index contributed by atoms with van der Waals surface area (Å²) in [6.07, 6.45) is 7.41. The number of nitrogen functional groups attached to an aromatic ring is 1. The van der Waals surface area contributed by atoms with Gasteiger partial charge in [0, 0.05) is 11.6 Å². The Morgan fingerprint density at radius 2 is 2.00 bits per heavy atom. The maximum Gasteiger partial charge on any atom is 0.459 e. The van der Waals surface area contributed by atoms with E-state index in [1.807, 2.05) is 0 Å². The van der Waals surface area contributed by atoms with E-state index in [-0.39, 0.29) is 48.6 Å². The number of rotatable bonds is 16. The van der Waals surface area contributed by atoms with Gasteiger partial charge in [0.1, 0.15) is 18.1 Å². The van der Waals surface area contributed by atoms with Crippen molar-refractivity contribution in [3.63, 3.8) is 0 Å². The van der Waals surface area contributed by atoms with Crippen molar-refractivity contribution in [1.82, 2.24) is 24.6 Å². The van der Waals surface area contributed by atoms with E-state index in [0.717, 1.165) is 31.3 Å². The molecule has 1 unspecified atom stereocenters. The van der Waals surface area contributed by atoms with Crippen LogP contribution in [0.2, 0.25) is 0 Å². The quantitative estimate of drug-likeness (QED) is 0.138. The first-order valence-corrected chi connectivity index (χ1v) is 15.6. The lowest BCUT2D eigenvalue weighted by Crippen LogP contribution is -2.36. The van der Waals surface area contributed by atoms with Gasteiger partial charge in [0.2, 0.25) is 5.95 Å². The van der Waals surface area contributed by atoms with E-state index in [1.165, 1.54) is 17.8 Å². The maximum atomic E-state index is 14.0. The number of nitrogens with two attached hydrogens (primary N) is 1. The number of carbonyl (C=O) groups excluding carboxylic acids is 1. The molecule has 0 saturated heterocycles. The van der Waals surface area contributed by atoms with Crippen LogP contribution in [0.5, 0.6) is 5.75 Å². The number of aromatic amines is 1. The summed E-state index contributed by atoms with van der Waals surface area (Å²) in [6, 6.07) is 7.47. The fraction of sp³-hybridized carbons (Fsp3) is 0.500. The number of para-hydroxylation sites is 1. The Labute approximate surface area is 244 Å². The van der Waals surface area contributed by atoms with E-state index >= 15 is 0 Å². The van der Waals surface area contributed by atoms with E-state index in [0.29, 0.717) is 6.42 Å². The van der Waals surface area contributed by atoms with Crippen molar-refractivity contribution in [3.8, 4) is 5.75 Å². The van der Waals surface area contributed by atoms with Crippen LogP contribution in [0.1, 0.15) is 52.9 Å². The van der Waals surface area contributed by atoms with E-state index in [1.54, 1.807) is 36.5 Å². The highest BCUT2D eigenvalue weighted by Crippen LogP contribution is 2.56. The number of aliphatic hydroxyl groups excluding tert-OH is 1. The van der Waals surface area contributed by atoms with Gasteiger partial charge in [-0.15, -0.1) is 0 Å². The van der Waals surface area contributed by atoms with Gasteiger partial charge in [-0.2, -0.15) is 10.1 Å². The second-order valence-corrected chi connectivity index (χ2v) is 12.3. The second kappa shape index (κ2) is 13.6. The molecule has 0 bridgehead atoms. The van der Waals surface area contributed by atoms with Gasteiger partial charge in [-0.3, -0.25) is 23.7 Å². The van der Waals surface area contributed by atoms with Crippen LogP contribution in [0.25, 0.3) is 17.4 Å². The smallest absolute Gasteiger partial charge is 0.459 e. The first-order valence-electron chi connectivity index (χ1n) is 14.1. The lowest BCUT2D eigenvalue weighted by Gasteiger charge is -2.25. The number of H-pyrrole nitrogens is 1. The topological polar surface area (TPSA) is 184 Å². The SMILES string of the molecule is CCCC(CCC)COC(=O)C(C)N[P@](=O)(OC[C@]1(CO)C/C1=C/n1cnc2c(=O)[nH]c(N)nc21)Oc1ccccc1. The van der Waals surface area contributed by atoms with Crippen LogP contribution in [0.4, 0.5) is 5.95 Å². The molecule has 4 rings (SSSR count). The minimum atomic E-state index is -4.13. The number of aromatic nitrogens is 4. The van der Waals surface area contributed by atoms with Crippen LogP contribution in [-0.4, -0.2) is 56.5 Å². The molecule has 2 heterocycles. The second-order valence-electron chi connectivity index (χ2n) is 10.6. The third-order valence-electron chi connectivity index (χ3n) is 7.17. The standard InChI is InChI=1S/C28H39N6O7P/c1-4-9-20(10-5-2)15-39-26(37)19(3)33-42(38,41-22-11-7-6-8-12-22)40-17-28(16-35)13-21(28)14-34-18-30-23-24(34)31-27(29)32-25(23)36/h6-8,11-12,14,18-20,35H,4-5,9-10,13,15-17H2,1-3H3,(H,33,38)(H3,29,31,32,36)/b21-14-/t19?,28-,42+/m1/s1. The normalized spacial score (nSPS) is 19.6. The molecule has 1 fully saturated rings. The van der Waals surface area contributed by atoms with Gasteiger partial charge in [-0.05, 0) is 49.8 Å². The van der Waals surface area contributed by atoms with Gasteiger partial charge in [0.25, 0.3) is 5.56 Å². The van der Waals surface area contributed by atoms with Crippen LogP contribution in [0, 0.1) is 11.3 Å². The summed E-state index contributed by atoms with van der Waals surface area (Å²) in [6.45, 7) is 5.53. The number of hydrogen-bond acceptors (Lipinski definition) is 10. The minimum absolute atomic E-state index is 0.0517. The average molecular weight is 603 g/mol. The monoisotopic (exact) mass is 602 g/mol. The summed E-state index contributed by atoms with van der Waals surface area (Å²) in [4.78, 5) is 35.6. The maximum absolute atomic E-state index is 14.0. The molecule has 1 aliphatic rings. The molecule has 42 heavy (non-hydrogen) atoms. The Kier molecular flexibility index (Phi) is 10.2. The van der Waals surface area contributed by atoms with E-state index in [4.69, 9.17) is 19.5 Å². The third-order valence-corrected chi connectivity index (χ3v) is 8.80. The van der Waals surface area contributed by atoms with Crippen LogP contribution in [0.15, 0.2) is 47.0 Å². The van der Waals surface area contributed by atoms with Crippen molar-refractivity contribution >= 4 is 37.0 Å². The largest absolute Gasteiger partial charge is 0.464 e. The zero-order chi connectivity index (χ0) is 30.3. The summed E-state index contributed by atoms with van der Waals surface area (Å²) in [5, 5.41) is 13.0. The lowest BCUT2D eigenvalue weighted by atomic mass is 9.99. The molecule has 14 heteroatoms. The number of ether oxygens (including phenoxy) is 1. The fourth-order valence-corrected chi connectivity index (χ4v) is 6.29. The minimum Gasteiger partial charge on any atom is -0.464 e. The molecule has 13 nitrogen and oxygen atoms in total. The Bertz CT molecular complexity index is 1500. The fourth-order valence-electron chi connectivity index (χ4n) is 4.72. The Morgan fingerprint density at radius 1 is 1.29 bits per heavy atom. The molecule has 5 N–H and O–H groups in total. The van der Waals surface area contributed by atoms with Crippen molar-refractivity contribution in [3.05, 3.63) is 52.6 Å². The van der Waals surface area contributed by atoms with Crippen LogP contribution >= 0.6 is 7.75 Å². The van der Waals surface area contributed by atoms with Crippen molar-refractivity contribution in [2.45, 2.75) is 58.9 Å². The van der Waals surface area contributed by atoms with Crippen LogP contribution in [-0.2, 0) is 18.6 Å². The number of nitrogens with zero attached hydrogens (tertiary/aromatic N) is 3. The summed E-state index contributed by atoms with van der Waals surface area (Å²) in [7, 11) is -4.13. The van der Waals surface area contributed by atoms with Gasteiger partial charge >= 0.3 is 13.7 Å². The van der Waals surface area contributed by atoms with Crippen molar-refractivity contribution in [1.29, 1.82) is 0 Å². The summed E-state index contributed by atoms with van der Waals surface area (Å²) >= 11 is 0. The number of esters is 1. The van der Waals surface area contributed by atoms with Crippen LogP contribution < -0.4 is 20.9 Å². The number of fused-ring (bicyclic) bond motifs is 1. The number of aliphatic hydroxyl groups is 1. The first kappa shape index (κ1) is 31.4.